The minimum atomic E-state index is 0.130. The van der Waals surface area contributed by atoms with Gasteiger partial charge in [0.25, 0.3) is 0 Å². The Morgan fingerprint density at radius 2 is 1.70 bits per heavy atom. The van der Waals surface area contributed by atoms with Crippen LogP contribution >= 0.6 is 0 Å². The SMILES string of the molecule is CCCCCCNC(=O)N1CC(N(CCC)CCC)C1. The molecule has 118 valence electrons. The fourth-order valence-corrected chi connectivity index (χ4v) is 2.76. The van der Waals surface area contributed by atoms with E-state index >= 15 is 0 Å². The van der Waals surface area contributed by atoms with Crippen molar-refractivity contribution in [3.63, 3.8) is 0 Å². The zero-order valence-corrected chi connectivity index (χ0v) is 13.7. The van der Waals surface area contributed by atoms with Crippen molar-refractivity contribution in [1.29, 1.82) is 0 Å². The van der Waals surface area contributed by atoms with Crippen LogP contribution in [0.2, 0.25) is 0 Å². The molecule has 1 N–H and O–H groups in total. The van der Waals surface area contributed by atoms with E-state index in [4.69, 9.17) is 0 Å². The van der Waals surface area contributed by atoms with Gasteiger partial charge in [0.15, 0.2) is 0 Å². The van der Waals surface area contributed by atoms with Crippen molar-refractivity contribution in [3.05, 3.63) is 0 Å². The summed E-state index contributed by atoms with van der Waals surface area (Å²) in [6.07, 6.45) is 7.23. The number of carbonyl (C=O) groups excluding carboxylic acids is 1. The third-order valence-corrected chi connectivity index (χ3v) is 3.99. The van der Waals surface area contributed by atoms with Crippen LogP contribution in [-0.4, -0.2) is 54.6 Å². The molecule has 4 nitrogen and oxygen atoms in total. The van der Waals surface area contributed by atoms with E-state index in [2.05, 4.69) is 31.0 Å². The summed E-state index contributed by atoms with van der Waals surface area (Å²) in [6, 6.07) is 0.714. The lowest BCUT2D eigenvalue weighted by Crippen LogP contribution is -2.63. The van der Waals surface area contributed by atoms with Crippen LogP contribution in [0.1, 0.15) is 59.3 Å². The number of hydrogen-bond acceptors (Lipinski definition) is 2. The van der Waals surface area contributed by atoms with Crippen molar-refractivity contribution >= 4 is 6.03 Å². The van der Waals surface area contributed by atoms with Gasteiger partial charge in [0, 0.05) is 25.7 Å². The molecule has 0 aromatic rings. The van der Waals surface area contributed by atoms with Crippen molar-refractivity contribution in [3.8, 4) is 0 Å². The maximum Gasteiger partial charge on any atom is 0.317 e. The van der Waals surface area contributed by atoms with Gasteiger partial charge in [0.05, 0.1) is 0 Å². The molecule has 0 bridgehead atoms. The van der Waals surface area contributed by atoms with Gasteiger partial charge in [-0.05, 0) is 32.4 Å². The van der Waals surface area contributed by atoms with E-state index in [1.807, 2.05) is 4.90 Å². The lowest BCUT2D eigenvalue weighted by atomic mass is 10.1. The molecular formula is C16H33N3O. The molecule has 1 saturated heterocycles. The van der Waals surface area contributed by atoms with E-state index in [9.17, 15) is 4.79 Å². The summed E-state index contributed by atoms with van der Waals surface area (Å²) in [5.41, 5.74) is 0. The third kappa shape index (κ3) is 5.70. The van der Waals surface area contributed by atoms with Crippen molar-refractivity contribution in [2.45, 2.75) is 65.3 Å². The molecule has 1 heterocycles. The first-order valence-electron chi connectivity index (χ1n) is 8.49. The Labute approximate surface area is 124 Å². The third-order valence-electron chi connectivity index (χ3n) is 3.99. The summed E-state index contributed by atoms with van der Waals surface area (Å²) >= 11 is 0. The number of carbonyl (C=O) groups is 1. The largest absolute Gasteiger partial charge is 0.338 e. The van der Waals surface area contributed by atoms with Gasteiger partial charge in [0.1, 0.15) is 0 Å². The number of likely N-dealkylation sites (tertiary alicyclic amines) is 1. The normalized spacial score (nSPS) is 15.5. The lowest BCUT2D eigenvalue weighted by Gasteiger charge is -2.45. The molecule has 1 rings (SSSR count). The number of nitrogens with one attached hydrogen (secondary N) is 1. The molecule has 20 heavy (non-hydrogen) atoms. The highest BCUT2D eigenvalue weighted by Gasteiger charge is 2.33. The quantitative estimate of drug-likeness (QED) is 0.625. The van der Waals surface area contributed by atoms with Crippen molar-refractivity contribution < 1.29 is 4.79 Å². The average molecular weight is 283 g/mol. The maximum atomic E-state index is 11.9. The molecule has 4 heteroatoms. The van der Waals surface area contributed by atoms with Gasteiger partial charge in [-0.2, -0.15) is 0 Å². The minimum absolute atomic E-state index is 0.130. The number of hydrogen-bond donors (Lipinski definition) is 1. The summed E-state index contributed by atoms with van der Waals surface area (Å²) in [6.45, 7) is 11.6. The smallest absolute Gasteiger partial charge is 0.317 e. The van der Waals surface area contributed by atoms with Crippen LogP contribution in [0, 0.1) is 0 Å². The topological polar surface area (TPSA) is 35.6 Å². The Morgan fingerprint density at radius 3 is 2.25 bits per heavy atom. The van der Waals surface area contributed by atoms with E-state index in [0.717, 1.165) is 39.1 Å². The summed E-state index contributed by atoms with van der Waals surface area (Å²) < 4.78 is 0. The van der Waals surface area contributed by atoms with E-state index in [1.54, 1.807) is 0 Å². The highest BCUT2D eigenvalue weighted by molar-refractivity contribution is 5.75. The molecule has 0 aromatic heterocycles. The van der Waals surface area contributed by atoms with Crippen LogP contribution in [0.15, 0.2) is 0 Å². The van der Waals surface area contributed by atoms with E-state index in [0.29, 0.717) is 6.04 Å². The van der Waals surface area contributed by atoms with Crippen molar-refractivity contribution in [2.75, 3.05) is 32.7 Å². The molecule has 1 aliphatic heterocycles. The maximum absolute atomic E-state index is 11.9. The Morgan fingerprint density at radius 1 is 1.05 bits per heavy atom. The van der Waals surface area contributed by atoms with Crippen LogP contribution in [0.25, 0.3) is 0 Å². The second-order valence-corrected chi connectivity index (χ2v) is 5.89. The van der Waals surface area contributed by atoms with Crippen LogP contribution in [-0.2, 0) is 0 Å². The predicted molar refractivity (Wildman–Crippen MR) is 85.1 cm³/mol. The Balaban J connectivity index is 2.14. The number of nitrogens with zero attached hydrogens (tertiary/aromatic N) is 2. The van der Waals surface area contributed by atoms with E-state index in [-0.39, 0.29) is 6.03 Å². The first kappa shape index (κ1) is 17.3. The molecule has 0 aliphatic carbocycles. The van der Waals surface area contributed by atoms with Crippen molar-refractivity contribution in [2.24, 2.45) is 0 Å². The molecule has 0 unspecified atom stereocenters. The molecule has 0 aromatic carbocycles. The first-order chi connectivity index (χ1) is 9.72. The molecule has 2 amide bonds. The summed E-state index contributed by atoms with van der Waals surface area (Å²) in [4.78, 5) is 16.4. The summed E-state index contributed by atoms with van der Waals surface area (Å²) in [5.74, 6) is 0. The van der Waals surface area contributed by atoms with Crippen LogP contribution in [0.3, 0.4) is 0 Å². The summed E-state index contributed by atoms with van der Waals surface area (Å²) in [7, 11) is 0. The van der Waals surface area contributed by atoms with Gasteiger partial charge in [0.2, 0.25) is 0 Å². The van der Waals surface area contributed by atoms with Crippen LogP contribution < -0.4 is 5.32 Å². The molecule has 0 radical (unpaired) electrons. The van der Waals surface area contributed by atoms with Gasteiger partial charge < -0.3 is 10.2 Å². The second kappa shape index (κ2) is 10.0. The fraction of sp³-hybridized carbons (Fsp3) is 0.938. The Kier molecular flexibility index (Phi) is 8.67. The molecule has 1 aliphatic rings. The van der Waals surface area contributed by atoms with E-state index < -0.39 is 0 Å². The zero-order chi connectivity index (χ0) is 14.8. The predicted octanol–water partition coefficient (Wildman–Crippen LogP) is 3.08. The average Bonchev–Trinajstić information content (AvgIpc) is 2.37. The highest BCUT2D eigenvalue weighted by atomic mass is 16.2. The van der Waals surface area contributed by atoms with Gasteiger partial charge in [-0.3, -0.25) is 4.90 Å². The van der Waals surface area contributed by atoms with Crippen LogP contribution in [0.4, 0.5) is 4.79 Å². The molecule has 0 saturated carbocycles. The second-order valence-electron chi connectivity index (χ2n) is 5.89. The van der Waals surface area contributed by atoms with Gasteiger partial charge in [-0.25, -0.2) is 4.79 Å². The van der Waals surface area contributed by atoms with E-state index in [1.165, 1.54) is 32.1 Å². The zero-order valence-electron chi connectivity index (χ0n) is 13.7. The Bertz CT molecular complexity index is 258. The standard InChI is InChI=1S/C16H33N3O/c1-4-7-8-9-10-17-16(20)19-13-15(14-19)18(11-5-2)12-6-3/h15H,4-14H2,1-3H3,(H,17,20). The lowest BCUT2D eigenvalue weighted by molar-refractivity contribution is 0.0565. The minimum Gasteiger partial charge on any atom is -0.338 e. The van der Waals surface area contributed by atoms with Crippen LogP contribution in [0.5, 0.6) is 0 Å². The number of amides is 2. The van der Waals surface area contributed by atoms with Gasteiger partial charge in [-0.1, -0.05) is 40.0 Å². The fourth-order valence-electron chi connectivity index (χ4n) is 2.76. The molecule has 0 spiro atoms. The molecule has 0 atom stereocenters. The van der Waals surface area contributed by atoms with Crippen molar-refractivity contribution in [1.82, 2.24) is 15.1 Å². The Hall–Kier alpha value is -0.770. The molecule has 1 fully saturated rings. The highest BCUT2D eigenvalue weighted by Crippen LogP contribution is 2.15. The first-order valence-corrected chi connectivity index (χ1v) is 8.49. The number of urea groups is 1. The number of unbranched alkanes of at least 4 members (excludes halogenated alkanes) is 3. The monoisotopic (exact) mass is 283 g/mol. The van der Waals surface area contributed by atoms with Gasteiger partial charge in [-0.15, -0.1) is 0 Å². The molecular weight excluding hydrogens is 250 g/mol. The summed E-state index contributed by atoms with van der Waals surface area (Å²) in [5, 5.41) is 3.04. The number of rotatable bonds is 10. The van der Waals surface area contributed by atoms with Gasteiger partial charge >= 0.3 is 6.03 Å².